The lowest BCUT2D eigenvalue weighted by atomic mass is 9.98. The van der Waals surface area contributed by atoms with Crippen LogP contribution in [0.15, 0.2) is 24.4 Å². The molecular weight excluding hydrogens is 238 g/mol. The summed E-state index contributed by atoms with van der Waals surface area (Å²) in [6.45, 7) is 7.13. The Balaban J connectivity index is 2.15. The number of fused-ring (bicyclic) bond motifs is 1. The molecule has 1 aromatic heterocycles. The first-order chi connectivity index (χ1) is 8.99. The first-order valence-electron chi connectivity index (χ1n) is 6.64. The molecule has 4 heteroatoms. The van der Waals surface area contributed by atoms with Crippen LogP contribution in [0.25, 0.3) is 10.9 Å². The number of carbonyl (C=O) groups is 1. The average Bonchev–Trinajstić information content (AvgIpc) is 2.78. The Labute approximate surface area is 113 Å². The molecule has 1 amide bonds. The molecule has 0 saturated heterocycles. The largest absolute Gasteiger partial charge is 0.399 e. The van der Waals surface area contributed by atoms with E-state index in [-0.39, 0.29) is 5.91 Å². The predicted molar refractivity (Wildman–Crippen MR) is 79.0 cm³/mol. The van der Waals surface area contributed by atoms with Crippen molar-refractivity contribution in [3.63, 3.8) is 0 Å². The van der Waals surface area contributed by atoms with Gasteiger partial charge in [-0.05, 0) is 30.0 Å². The predicted octanol–water partition coefficient (Wildman–Crippen LogP) is 2.77. The molecule has 0 spiro atoms. The molecule has 1 unspecified atom stereocenters. The second kappa shape index (κ2) is 5.34. The van der Waals surface area contributed by atoms with Crippen LogP contribution >= 0.6 is 0 Å². The molecule has 1 atom stereocenters. The number of anilines is 1. The maximum absolute atomic E-state index is 12.2. The first kappa shape index (κ1) is 13.5. The number of aromatic amines is 1. The number of benzene rings is 1. The number of hydrogen-bond donors (Lipinski definition) is 3. The maximum atomic E-state index is 12.2. The van der Waals surface area contributed by atoms with E-state index in [1.807, 2.05) is 18.2 Å². The van der Waals surface area contributed by atoms with E-state index < -0.39 is 0 Å². The quantitative estimate of drug-likeness (QED) is 0.739. The lowest BCUT2D eigenvalue weighted by Gasteiger charge is -2.15. The minimum Gasteiger partial charge on any atom is -0.399 e. The summed E-state index contributed by atoms with van der Waals surface area (Å²) in [5.41, 5.74) is 8.01. The number of hydrogen-bond acceptors (Lipinski definition) is 2. The smallest absolute Gasteiger partial charge is 0.253 e. The summed E-state index contributed by atoms with van der Waals surface area (Å²) in [5.74, 6) is 0.961. The zero-order valence-corrected chi connectivity index (χ0v) is 11.7. The van der Waals surface area contributed by atoms with Crippen molar-refractivity contribution in [2.45, 2.75) is 20.8 Å². The van der Waals surface area contributed by atoms with Gasteiger partial charge in [0.1, 0.15) is 0 Å². The van der Waals surface area contributed by atoms with Crippen molar-refractivity contribution in [2.75, 3.05) is 12.3 Å². The van der Waals surface area contributed by atoms with Crippen molar-refractivity contribution in [3.8, 4) is 0 Å². The Morgan fingerprint density at radius 2 is 2.11 bits per heavy atom. The normalized spacial score (nSPS) is 12.8. The summed E-state index contributed by atoms with van der Waals surface area (Å²) in [7, 11) is 0. The van der Waals surface area contributed by atoms with Crippen LogP contribution in [0.4, 0.5) is 5.69 Å². The standard InChI is InChI=1S/C15H21N3O/c1-9(2)10(3)7-18-15(19)13-8-17-14-5-4-11(16)6-12(13)14/h4-6,8-10,17H,7,16H2,1-3H3,(H,18,19). The van der Waals surface area contributed by atoms with E-state index in [0.717, 1.165) is 10.9 Å². The van der Waals surface area contributed by atoms with Crippen LogP contribution in [0.1, 0.15) is 31.1 Å². The molecule has 2 rings (SSSR count). The third kappa shape index (κ3) is 2.89. The number of amides is 1. The molecule has 0 aliphatic rings. The van der Waals surface area contributed by atoms with Crippen molar-refractivity contribution in [2.24, 2.45) is 11.8 Å². The van der Waals surface area contributed by atoms with Crippen molar-refractivity contribution < 1.29 is 4.79 Å². The van der Waals surface area contributed by atoms with Crippen LogP contribution < -0.4 is 11.1 Å². The second-order valence-electron chi connectivity index (χ2n) is 5.44. The fourth-order valence-corrected chi connectivity index (χ4v) is 1.91. The number of H-pyrrole nitrogens is 1. The molecule has 0 saturated carbocycles. The van der Waals surface area contributed by atoms with E-state index in [1.165, 1.54) is 0 Å². The topological polar surface area (TPSA) is 70.9 Å². The third-order valence-electron chi connectivity index (χ3n) is 3.67. The summed E-state index contributed by atoms with van der Waals surface area (Å²) in [4.78, 5) is 15.3. The first-order valence-corrected chi connectivity index (χ1v) is 6.64. The van der Waals surface area contributed by atoms with Gasteiger partial charge >= 0.3 is 0 Å². The van der Waals surface area contributed by atoms with Gasteiger partial charge in [0, 0.05) is 29.3 Å². The minimum atomic E-state index is -0.0515. The Kier molecular flexibility index (Phi) is 3.79. The molecule has 1 aromatic carbocycles. The van der Waals surface area contributed by atoms with E-state index >= 15 is 0 Å². The summed E-state index contributed by atoms with van der Waals surface area (Å²) in [6, 6.07) is 5.53. The van der Waals surface area contributed by atoms with Crippen LogP contribution in [0.2, 0.25) is 0 Å². The number of carbonyl (C=O) groups excluding carboxylic acids is 1. The van der Waals surface area contributed by atoms with E-state index in [1.54, 1.807) is 6.20 Å². The van der Waals surface area contributed by atoms with Gasteiger partial charge in [0.05, 0.1) is 5.56 Å². The number of nitrogens with two attached hydrogens (primary N) is 1. The molecule has 4 N–H and O–H groups in total. The molecule has 2 aromatic rings. The van der Waals surface area contributed by atoms with Crippen LogP contribution in [0.3, 0.4) is 0 Å². The number of nitrogens with one attached hydrogen (secondary N) is 2. The van der Waals surface area contributed by atoms with Gasteiger partial charge in [0.2, 0.25) is 0 Å². The molecule has 0 aliphatic carbocycles. The fraction of sp³-hybridized carbons (Fsp3) is 0.400. The highest BCUT2D eigenvalue weighted by Crippen LogP contribution is 2.21. The number of aromatic nitrogens is 1. The van der Waals surface area contributed by atoms with Gasteiger partial charge in [-0.15, -0.1) is 0 Å². The Morgan fingerprint density at radius 3 is 2.79 bits per heavy atom. The maximum Gasteiger partial charge on any atom is 0.253 e. The number of nitrogen functional groups attached to an aromatic ring is 1. The molecule has 0 bridgehead atoms. The highest BCUT2D eigenvalue weighted by Gasteiger charge is 2.14. The van der Waals surface area contributed by atoms with Crippen molar-refractivity contribution >= 4 is 22.5 Å². The monoisotopic (exact) mass is 259 g/mol. The second-order valence-corrected chi connectivity index (χ2v) is 5.44. The molecule has 1 heterocycles. The van der Waals surface area contributed by atoms with E-state index in [9.17, 15) is 4.79 Å². The summed E-state index contributed by atoms with van der Waals surface area (Å²) < 4.78 is 0. The summed E-state index contributed by atoms with van der Waals surface area (Å²) >= 11 is 0. The van der Waals surface area contributed by atoms with Gasteiger partial charge < -0.3 is 16.0 Å². The van der Waals surface area contributed by atoms with Gasteiger partial charge in [0.25, 0.3) is 5.91 Å². The van der Waals surface area contributed by atoms with Crippen molar-refractivity contribution in [3.05, 3.63) is 30.0 Å². The van der Waals surface area contributed by atoms with Crippen LogP contribution in [-0.2, 0) is 0 Å². The summed E-state index contributed by atoms with van der Waals surface area (Å²) in [5, 5.41) is 3.85. The highest BCUT2D eigenvalue weighted by atomic mass is 16.1. The average molecular weight is 259 g/mol. The lowest BCUT2D eigenvalue weighted by molar-refractivity contribution is 0.0946. The van der Waals surface area contributed by atoms with Gasteiger partial charge in [0.15, 0.2) is 0 Å². The Bertz CT molecular complexity index is 586. The van der Waals surface area contributed by atoms with Crippen molar-refractivity contribution in [1.29, 1.82) is 0 Å². The van der Waals surface area contributed by atoms with Gasteiger partial charge in [-0.2, -0.15) is 0 Å². The van der Waals surface area contributed by atoms with Gasteiger partial charge in [-0.3, -0.25) is 4.79 Å². The van der Waals surface area contributed by atoms with E-state index in [0.29, 0.717) is 29.6 Å². The molecule has 0 radical (unpaired) electrons. The molecule has 0 fully saturated rings. The SMILES string of the molecule is CC(C)C(C)CNC(=O)c1c[nH]c2ccc(N)cc12. The van der Waals surface area contributed by atoms with Crippen LogP contribution in [0, 0.1) is 11.8 Å². The van der Waals surface area contributed by atoms with Crippen molar-refractivity contribution in [1.82, 2.24) is 10.3 Å². The third-order valence-corrected chi connectivity index (χ3v) is 3.67. The van der Waals surface area contributed by atoms with Crippen LogP contribution in [0.5, 0.6) is 0 Å². The Hall–Kier alpha value is -1.97. The Morgan fingerprint density at radius 1 is 1.37 bits per heavy atom. The van der Waals surface area contributed by atoms with Crippen LogP contribution in [-0.4, -0.2) is 17.4 Å². The van der Waals surface area contributed by atoms with Gasteiger partial charge in [-0.25, -0.2) is 0 Å². The zero-order chi connectivity index (χ0) is 14.0. The van der Waals surface area contributed by atoms with Gasteiger partial charge in [-0.1, -0.05) is 20.8 Å². The summed E-state index contributed by atoms with van der Waals surface area (Å²) in [6.07, 6.45) is 1.74. The van der Waals surface area contributed by atoms with E-state index in [4.69, 9.17) is 5.73 Å². The molecule has 4 nitrogen and oxygen atoms in total. The zero-order valence-electron chi connectivity index (χ0n) is 11.7. The molecular formula is C15H21N3O. The molecule has 102 valence electrons. The fourth-order valence-electron chi connectivity index (χ4n) is 1.91. The highest BCUT2D eigenvalue weighted by molar-refractivity contribution is 6.07. The minimum absolute atomic E-state index is 0.0515. The molecule has 0 aliphatic heterocycles. The number of rotatable bonds is 4. The van der Waals surface area contributed by atoms with E-state index in [2.05, 4.69) is 31.1 Å². The molecule has 19 heavy (non-hydrogen) atoms. The lowest BCUT2D eigenvalue weighted by Crippen LogP contribution is -2.29.